The van der Waals surface area contributed by atoms with Gasteiger partial charge in [0.15, 0.2) is 22.3 Å². The molecule has 2 aromatic carbocycles. The molecule has 0 bridgehead atoms. The molecule has 0 aliphatic heterocycles. The van der Waals surface area contributed by atoms with Crippen LogP contribution in [0.4, 0.5) is 23.3 Å². The first kappa shape index (κ1) is 28.4. The van der Waals surface area contributed by atoms with Gasteiger partial charge in [-0.3, -0.25) is 27.9 Å². The van der Waals surface area contributed by atoms with Gasteiger partial charge in [-0.25, -0.2) is 9.59 Å². The molecule has 0 saturated carbocycles. The summed E-state index contributed by atoms with van der Waals surface area (Å²) >= 11 is 0. The fourth-order valence-corrected chi connectivity index (χ4v) is 5.22. The molecule has 0 fully saturated rings. The lowest BCUT2D eigenvalue weighted by atomic mass is 10.3. The third-order valence-electron chi connectivity index (χ3n) is 7.54. The van der Waals surface area contributed by atoms with Crippen LogP contribution in [0, 0.1) is 0 Å². The van der Waals surface area contributed by atoms with Crippen LogP contribution in [-0.4, -0.2) is 48.6 Å². The molecule has 6 aromatic rings. The Balaban J connectivity index is 1.48. The Hall–Kier alpha value is -5.70. The number of nitrogens with zero attached hydrogens (tertiary/aromatic N) is 8. The standard InChI is InChI=1S/C29H30N10O5/c1-34-22-20(24(41)36(3)28(34)43)38(26(32-22)30-17-11-7-5-8-12-17)15-19(40)16-39-21-23(35(2)29(44)37(4)25(21)42)33-27(39)31-18-13-9-6-10-14-18/h5-14,19,40H,15-16H2,1-4H3,(H,30,32)(H,31,33). The van der Waals surface area contributed by atoms with Gasteiger partial charge in [0.25, 0.3) is 11.1 Å². The molecular formula is C29H30N10O5. The molecular weight excluding hydrogens is 568 g/mol. The summed E-state index contributed by atoms with van der Waals surface area (Å²) in [6.45, 7) is -0.286. The third-order valence-corrected chi connectivity index (χ3v) is 7.54. The van der Waals surface area contributed by atoms with E-state index < -0.39 is 28.6 Å². The number of para-hydroxylation sites is 2. The van der Waals surface area contributed by atoms with Gasteiger partial charge in [0.2, 0.25) is 11.9 Å². The zero-order chi connectivity index (χ0) is 31.3. The molecule has 226 valence electrons. The SMILES string of the molecule is Cn1c(=O)c2c(nc(Nc3ccccc3)n2CC(O)Cn2c(Nc3ccccc3)nc3c2c(=O)n(C)c(=O)n3C)n(C)c1=O. The van der Waals surface area contributed by atoms with E-state index in [1.165, 1.54) is 46.5 Å². The first-order valence-corrected chi connectivity index (χ1v) is 13.7. The Labute approximate surface area is 248 Å². The van der Waals surface area contributed by atoms with Crippen LogP contribution in [-0.2, 0) is 41.3 Å². The van der Waals surface area contributed by atoms with Crippen molar-refractivity contribution in [2.75, 3.05) is 10.6 Å². The monoisotopic (exact) mass is 598 g/mol. The average molecular weight is 599 g/mol. The number of aryl methyl sites for hydroxylation is 2. The van der Waals surface area contributed by atoms with Crippen LogP contribution in [0.2, 0.25) is 0 Å². The molecule has 0 aliphatic rings. The molecule has 4 aromatic heterocycles. The minimum Gasteiger partial charge on any atom is -0.389 e. The number of benzene rings is 2. The Morgan fingerprint density at radius 3 is 1.34 bits per heavy atom. The van der Waals surface area contributed by atoms with E-state index in [1.54, 1.807) is 0 Å². The van der Waals surface area contributed by atoms with Gasteiger partial charge in [0.05, 0.1) is 19.2 Å². The molecule has 0 saturated heterocycles. The largest absolute Gasteiger partial charge is 0.389 e. The van der Waals surface area contributed by atoms with Crippen molar-refractivity contribution in [3.63, 3.8) is 0 Å². The molecule has 0 amide bonds. The molecule has 0 radical (unpaired) electrons. The number of nitrogens with one attached hydrogen (secondary N) is 2. The highest BCUT2D eigenvalue weighted by atomic mass is 16.3. The molecule has 0 aliphatic carbocycles. The molecule has 0 atom stereocenters. The summed E-state index contributed by atoms with van der Waals surface area (Å²) in [5.41, 5.74) is -0.353. The molecule has 15 heteroatoms. The molecule has 4 heterocycles. The average Bonchev–Trinajstić information content (AvgIpc) is 3.55. The fraction of sp³-hybridized carbons (Fsp3) is 0.241. The Morgan fingerprint density at radius 1 is 0.614 bits per heavy atom. The topological polar surface area (TPSA) is 168 Å². The van der Waals surface area contributed by atoms with Crippen LogP contribution >= 0.6 is 0 Å². The number of aliphatic hydroxyl groups is 1. The minimum absolute atomic E-state index is 0.114. The van der Waals surface area contributed by atoms with Gasteiger partial charge in [-0.1, -0.05) is 36.4 Å². The summed E-state index contributed by atoms with van der Waals surface area (Å²) in [5.74, 6) is 0.472. The molecule has 44 heavy (non-hydrogen) atoms. The summed E-state index contributed by atoms with van der Waals surface area (Å²) in [6, 6.07) is 18.3. The van der Waals surface area contributed by atoms with Crippen molar-refractivity contribution in [1.29, 1.82) is 0 Å². The van der Waals surface area contributed by atoms with Gasteiger partial charge in [0.1, 0.15) is 0 Å². The number of imidazole rings is 2. The molecule has 3 N–H and O–H groups in total. The van der Waals surface area contributed by atoms with Crippen molar-refractivity contribution < 1.29 is 5.11 Å². The Bertz CT molecular complexity index is 2110. The van der Waals surface area contributed by atoms with E-state index in [0.717, 1.165) is 9.13 Å². The van der Waals surface area contributed by atoms with Gasteiger partial charge in [-0.15, -0.1) is 0 Å². The van der Waals surface area contributed by atoms with E-state index in [2.05, 4.69) is 20.6 Å². The molecule has 0 unspecified atom stereocenters. The second-order valence-electron chi connectivity index (χ2n) is 10.5. The number of aliphatic hydroxyl groups excluding tert-OH is 1. The zero-order valence-electron chi connectivity index (χ0n) is 24.4. The lowest BCUT2D eigenvalue weighted by Crippen LogP contribution is -2.38. The second-order valence-corrected chi connectivity index (χ2v) is 10.5. The lowest BCUT2D eigenvalue weighted by molar-refractivity contribution is 0.138. The Morgan fingerprint density at radius 2 is 0.977 bits per heavy atom. The highest BCUT2D eigenvalue weighted by molar-refractivity contribution is 5.77. The van der Waals surface area contributed by atoms with Crippen LogP contribution in [0.5, 0.6) is 0 Å². The van der Waals surface area contributed by atoms with Gasteiger partial charge in [-0.2, -0.15) is 9.97 Å². The first-order valence-electron chi connectivity index (χ1n) is 13.7. The van der Waals surface area contributed by atoms with E-state index in [-0.39, 0.29) is 47.3 Å². The zero-order valence-corrected chi connectivity index (χ0v) is 24.4. The molecule has 6 rings (SSSR count). The van der Waals surface area contributed by atoms with Gasteiger partial charge >= 0.3 is 11.4 Å². The number of hydrogen-bond donors (Lipinski definition) is 3. The van der Waals surface area contributed by atoms with Crippen molar-refractivity contribution in [3.05, 3.63) is 102 Å². The molecule has 0 spiro atoms. The van der Waals surface area contributed by atoms with Crippen molar-refractivity contribution in [1.82, 2.24) is 37.4 Å². The number of hydrogen-bond acceptors (Lipinski definition) is 9. The number of fused-ring (bicyclic) bond motifs is 2. The normalized spacial score (nSPS) is 11.6. The lowest BCUT2D eigenvalue weighted by Gasteiger charge is -2.18. The number of anilines is 4. The predicted octanol–water partition coefficient (Wildman–Crippen LogP) is 0.729. The van der Waals surface area contributed by atoms with Gasteiger partial charge in [0, 0.05) is 39.6 Å². The summed E-state index contributed by atoms with van der Waals surface area (Å²) in [7, 11) is 5.79. The van der Waals surface area contributed by atoms with E-state index in [4.69, 9.17) is 0 Å². The van der Waals surface area contributed by atoms with Crippen molar-refractivity contribution in [3.8, 4) is 0 Å². The summed E-state index contributed by atoms with van der Waals surface area (Å²) in [6.07, 6.45) is -1.19. The summed E-state index contributed by atoms with van der Waals surface area (Å²) in [5, 5.41) is 17.9. The smallest absolute Gasteiger partial charge is 0.332 e. The third kappa shape index (κ3) is 4.68. The van der Waals surface area contributed by atoms with E-state index in [1.807, 2.05) is 60.7 Å². The fourth-order valence-electron chi connectivity index (χ4n) is 5.22. The maximum atomic E-state index is 13.3. The van der Waals surface area contributed by atoms with E-state index in [9.17, 15) is 24.3 Å². The first-order chi connectivity index (χ1) is 21.1. The van der Waals surface area contributed by atoms with Crippen LogP contribution in [0.25, 0.3) is 22.3 Å². The van der Waals surface area contributed by atoms with Crippen LogP contribution in [0.1, 0.15) is 0 Å². The summed E-state index contributed by atoms with van der Waals surface area (Å²) in [4.78, 5) is 61.2. The quantitative estimate of drug-likeness (QED) is 0.229. The van der Waals surface area contributed by atoms with Crippen LogP contribution in [0.3, 0.4) is 0 Å². The predicted molar refractivity (Wildman–Crippen MR) is 166 cm³/mol. The van der Waals surface area contributed by atoms with E-state index >= 15 is 0 Å². The Kier molecular flexibility index (Phi) is 7.01. The van der Waals surface area contributed by atoms with E-state index in [0.29, 0.717) is 11.4 Å². The second kappa shape index (κ2) is 10.9. The number of aromatic nitrogens is 8. The van der Waals surface area contributed by atoms with Crippen molar-refractivity contribution in [2.24, 2.45) is 28.2 Å². The van der Waals surface area contributed by atoms with Gasteiger partial charge < -0.3 is 24.9 Å². The van der Waals surface area contributed by atoms with Crippen molar-refractivity contribution in [2.45, 2.75) is 19.2 Å². The van der Waals surface area contributed by atoms with Crippen LogP contribution < -0.4 is 33.1 Å². The minimum atomic E-state index is -1.19. The van der Waals surface area contributed by atoms with Crippen molar-refractivity contribution >= 4 is 45.6 Å². The highest BCUT2D eigenvalue weighted by Gasteiger charge is 2.25. The maximum Gasteiger partial charge on any atom is 0.332 e. The molecule has 15 nitrogen and oxygen atoms in total. The maximum absolute atomic E-state index is 13.3. The van der Waals surface area contributed by atoms with Crippen LogP contribution in [0.15, 0.2) is 79.8 Å². The summed E-state index contributed by atoms with van der Waals surface area (Å²) < 4.78 is 7.54. The number of rotatable bonds is 8. The highest BCUT2D eigenvalue weighted by Crippen LogP contribution is 2.24. The van der Waals surface area contributed by atoms with Gasteiger partial charge in [-0.05, 0) is 24.3 Å².